The zero-order chi connectivity index (χ0) is 21.3. The van der Waals surface area contributed by atoms with Crippen molar-refractivity contribution in [2.75, 3.05) is 26.2 Å². The zero-order valence-corrected chi connectivity index (χ0v) is 17.9. The Labute approximate surface area is 179 Å². The summed E-state index contributed by atoms with van der Waals surface area (Å²) in [5, 5.41) is 0.362. The Morgan fingerprint density at radius 2 is 1.73 bits per heavy atom. The molecule has 0 radical (unpaired) electrons. The Morgan fingerprint density at radius 3 is 2.40 bits per heavy atom. The normalized spacial score (nSPS) is 15.3. The molecule has 1 amide bonds. The van der Waals surface area contributed by atoms with Gasteiger partial charge in [0.15, 0.2) is 5.69 Å². The van der Waals surface area contributed by atoms with E-state index in [1.165, 1.54) is 16.4 Å². The van der Waals surface area contributed by atoms with E-state index < -0.39 is 10.0 Å². The van der Waals surface area contributed by atoms with Gasteiger partial charge in [-0.25, -0.2) is 13.4 Å². The van der Waals surface area contributed by atoms with E-state index in [1.807, 2.05) is 30.3 Å². The number of benzene rings is 2. The van der Waals surface area contributed by atoms with Gasteiger partial charge in [0.05, 0.1) is 4.90 Å². The number of sulfonamides is 1. The summed E-state index contributed by atoms with van der Waals surface area (Å²) in [5.74, 6) is 0.560. The van der Waals surface area contributed by atoms with E-state index in [0.29, 0.717) is 16.7 Å². The van der Waals surface area contributed by atoms with Crippen LogP contribution in [-0.2, 0) is 10.0 Å². The van der Waals surface area contributed by atoms with Gasteiger partial charge in [-0.05, 0) is 37.3 Å². The Balaban J connectivity index is 1.47. The van der Waals surface area contributed by atoms with Crippen LogP contribution in [0.2, 0.25) is 5.02 Å². The van der Waals surface area contributed by atoms with Gasteiger partial charge >= 0.3 is 0 Å². The van der Waals surface area contributed by atoms with Crippen LogP contribution < -0.4 is 0 Å². The standard InChI is InChI=1S/C21H20ClN3O4S/c1-15-19(23-20(29-15)16-6-3-2-4-7-16)21(26)24-10-12-25(13-11-24)30(27,28)18-9-5-8-17(22)14-18/h2-9,14H,10-13H2,1H3. The number of oxazole rings is 1. The predicted octanol–water partition coefficient (Wildman–Crippen LogP) is 3.45. The van der Waals surface area contributed by atoms with Crippen LogP contribution in [0.4, 0.5) is 0 Å². The smallest absolute Gasteiger partial charge is 0.276 e. The molecule has 1 aliphatic heterocycles. The lowest BCUT2D eigenvalue weighted by atomic mass is 10.2. The number of amides is 1. The summed E-state index contributed by atoms with van der Waals surface area (Å²) in [6.07, 6.45) is 0. The van der Waals surface area contributed by atoms with Crippen molar-refractivity contribution in [3.05, 3.63) is 71.1 Å². The second-order valence-electron chi connectivity index (χ2n) is 6.94. The molecule has 0 spiro atoms. The third kappa shape index (κ3) is 3.98. The molecular formula is C21H20ClN3O4S. The quantitative estimate of drug-likeness (QED) is 0.614. The number of carbonyl (C=O) groups excluding carboxylic acids is 1. The number of aryl methyl sites for hydroxylation is 1. The van der Waals surface area contributed by atoms with Crippen molar-refractivity contribution in [2.45, 2.75) is 11.8 Å². The Morgan fingerprint density at radius 1 is 1.03 bits per heavy atom. The first-order valence-corrected chi connectivity index (χ1v) is 11.3. The highest BCUT2D eigenvalue weighted by Crippen LogP contribution is 2.24. The first-order valence-electron chi connectivity index (χ1n) is 9.44. The number of aromatic nitrogens is 1. The average molecular weight is 446 g/mol. The molecule has 0 unspecified atom stereocenters. The second-order valence-corrected chi connectivity index (χ2v) is 9.32. The van der Waals surface area contributed by atoms with Gasteiger partial charge < -0.3 is 9.32 Å². The van der Waals surface area contributed by atoms with Crippen LogP contribution in [-0.4, -0.2) is 54.7 Å². The molecule has 1 fully saturated rings. The summed E-state index contributed by atoms with van der Waals surface area (Å²) >= 11 is 5.93. The van der Waals surface area contributed by atoms with Crippen LogP contribution in [0.3, 0.4) is 0 Å². The van der Waals surface area contributed by atoms with Gasteiger partial charge in [0.25, 0.3) is 5.91 Å². The lowest BCUT2D eigenvalue weighted by molar-refractivity contribution is 0.0691. The fraction of sp³-hybridized carbons (Fsp3) is 0.238. The van der Waals surface area contributed by atoms with E-state index in [9.17, 15) is 13.2 Å². The molecule has 0 aliphatic carbocycles. The van der Waals surface area contributed by atoms with E-state index in [4.69, 9.17) is 16.0 Å². The van der Waals surface area contributed by atoms with Crippen LogP contribution in [0.1, 0.15) is 16.2 Å². The summed E-state index contributed by atoms with van der Waals surface area (Å²) in [6.45, 7) is 2.63. The van der Waals surface area contributed by atoms with Gasteiger partial charge in [-0.2, -0.15) is 4.31 Å². The topological polar surface area (TPSA) is 83.7 Å². The Hall–Kier alpha value is -2.68. The van der Waals surface area contributed by atoms with E-state index in [2.05, 4.69) is 4.98 Å². The maximum atomic E-state index is 13.0. The third-order valence-electron chi connectivity index (χ3n) is 4.98. The first kappa shape index (κ1) is 20.6. The molecule has 2 heterocycles. The molecule has 0 bridgehead atoms. The molecule has 2 aromatic carbocycles. The van der Waals surface area contributed by atoms with Crippen LogP contribution >= 0.6 is 11.6 Å². The summed E-state index contributed by atoms with van der Waals surface area (Å²) in [5.41, 5.74) is 1.04. The van der Waals surface area contributed by atoms with Gasteiger partial charge in [-0.15, -0.1) is 0 Å². The van der Waals surface area contributed by atoms with Gasteiger partial charge in [0, 0.05) is 36.8 Å². The van der Waals surface area contributed by atoms with Crippen molar-refractivity contribution >= 4 is 27.5 Å². The summed E-state index contributed by atoms with van der Waals surface area (Å²) in [7, 11) is -3.66. The molecule has 3 aromatic rings. The fourth-order valence-corrected chi connectivity index (χ4v) is 5.08. The third-order valence-corrected chi connectivity index (χ3v) is 7.11. The maximum Gasteiger partial charge on any atom is 0.276 e. The van der Waals surface area contributed by atoms with Crippen molar-refractivity contribution in [1.82, 2.24) is 14.2 Å². The Bertz CT molecular complexity index is 1170. The van der Waals surface area contributed by atoms with E-state index >= 15 is 0 Å². The van der Waals surface area contributed by atoms with Gasteiger partial charge in [-0.1, -0.05) is 35.9 Å². The van der Waals surface area contributed by atoms with Crippen LogP contribution in [0.25, 0.3) is 11.5 Å². The fourth-order valence-electron chi connectivity index (χ4n) is 3.36. The first-order chi connectivity index (χ1) is 14.4. The highest BCUT2D eigenvalue weighted by molar-refractivity contribution is 7.89. The minimum Gasteiger partial charge on any atom is -0.441 e. The summed E-state index contributed by atoms with van der Waals surface area (Å²) in [4.78, 5) is 19.1. The largest absolute Gasteiger partial charge is 0.441 e. The van der Waals surface area contributed by atoms with Crippen molar-refractivity contribution in [3.8, 4) is 11.5 Å². The summed E-state index contributed by atoms with van der Waals surface area (Å²) < 4.78 is 32.7. The molecular weight excluding hydrogens is 426 g/mol. The van der Waals surface area contributed by atoms with E-state index in [1.54, 1.807) is 24.0 Å². The van der Waals surface area contributed by atoms with E-state index in [0.717, 1.165) is 5.56 Å². The summed E-state index contributed by atoms with van der Waals surface area (Å²) in [6, 6.07) is 15.5. The monoisotopic (exact) mass is 445 g/mol. The molecule has 0 N–H and O–H groups in total. The van der Waals surface area contributed by atoms with Gasteiger partial charge in [0.1, 0.15) is 5.76 Å². The highest BCUT2D eigenvalue weighted by atomic mass is 35.5. The van der Waals surface area contributed by atoms with E-state index in [-0.39, 0.29) is 42.7 Å². The van der Waals surface area contributed by atoms with Crippen LogP contribution in [0, 0.1) is 6.92 Å². The molecule has 1 aromatic heterocycles. The Kier molecular flexibility index (Phi) is 5.64. The zero-order valence-electron chi connectivity index (χ0n) is 16.3. The van der Waals surface area contributed by atoms with Crippen molar-refractivity contribution < 1.29 is 17.6 Å². The lowest BCUT2D eigenvalue weighted by Crippen LogP contribution is -2.50. The number of halogens is 1. The minimum absolute atomic E-state index is 0.148. The van der Waals surface area contributed by atoms with Gasteiger partial charge in [0.2, 0.25) is 15.9 Å². The molecule has 1 aliphatic rings. The van der Waals surface area contributed by atoms with Gasteiger partial charge in [-0.3, -0.25) is 4.79 Å². The molecule has 30 heavy (non-hydrogen) atoms. The molecule has 7 nitrogen and oxygen atoms in total. The van der Waals surface area contributed by atoms with Crippen LogP contribution in [0.15, 0.2) is 63.9 Å². The molecule has 0 atom stereocenters. The van der Waals surface area contributed by atoms with Crippen molar-refractivity contribution in [3.63, 3.8) is 0 Å². The average Bonchev–Trinajstić information content (AvgIpc) is 3.15. The van der Waals surface area contributed by atoms with Crippen molar-refractivity contribution in [1.29, 1.82) is 0 Å². The van der Waals surface area contributed by atoms with Crippen molar-refractivity contribution in [2.24, 2.45) is 0 Å². The number of nitrogens with zero attached hydrogens (tertiary/aromatic N) is 3. The maximum absolute atomic E-state index is 13.0. The molecule has 9 heteroatoms. The minimum atomic E-state index is -3.66. The number of piperazine rings is 1. The predicted molar refractivity (Wildman–Crippen MR) is 113 cm³/mol. The molecule has 1 saturated heterocycles. The number of rotatable bonds is 4. The van der Waals surface area contributed by atoms with Crippen LogP contribution in [0.5, 0.6) is 0 Å². The SMILES string of the molecule is Cc1oc(-c2ccccc2)nc1C(=O)N1CCN(S(=O)(=O)c2cccc(Cl)c2)CC1. The molecule has 0 saturated carbocycles. The number of carbonyl (C=O) groups is 1. The molecule has 156 valence electrons. The highest BCUT2D eigenvalue weighted by Gasteiger charge is 2.32. The number of hydrogen-bond acceptors (Lipinski definition) is 5. The molecule has 4 rings (SSSR count). The number of hydrogen-bond donors (Lipinski definition) is 0. The second kappa shape index (κ2) is 8.22. The lowest BCUT2D eigenvalue weighted by Gasteiger charge is -2.33.